The molecule has 5 nitrogen and oxygen atoms in total. The van der Waals surface area contributed by atoms with Crippen LogP contribution in [-0.4, -0.2) is 29.0 Å². The van der Waals surface area contributed by atoms with Gasteiger partial charge in [0.2, 0.25) is 5.91 Å². The molecule has 1 N–H and O–H groups in total. The highest BCUT2D eigenvalue weighted by Crippen LogP contribution is 2.33. The number of hydrogen-bond donors (Lipinski definition) is 1. The summed E-state index contributed by atoms with van der Waals surface area (Å²) < 4.78 is 53.7. The maximum atomic E-state index is 13.5. The van der Waals surface area contributed by atoms with Crippen molar-refractivity contribution in [1.29, 1.82) is 0 Å². The van der Waals surface area contributed by atoms with Crippen molar-refractivity contribution in [2.45, 2.75) is 50.4 Å². The molecule has 1 saturated carbocycles. The van der Waals surface area contributed by atoms with Gasteiger partial charge in [-0.25, -0.2) is 4.39 Å². The van der Waals surface area contributed by atoms with E-state index in [0.29, 0.717) is 4.90 Å². The summed E-state index contributed by atoms with van der Waals surface area (Å²) in [5, 5.41) is 2.79. The maximum absolute atomic E-state index is 13.5. The predicted molar refractivity (Wildman–Crippen MR) is 102 cm³/mol. The second-order valence-corrected chi connectivity index (χ2v) is 7.18. The molecule has 0 bridgehead atoms. The van der Waals surface area contributed by atoms with E-state index < -0.39 is 29.8 Å². The van der Waals surface area contributed by atoms with Crippen LogP contribution in [0.4, 0.5) is 23.2 Å². The molecule has 0 radical (unpaired) electrons. The van der Waals surface area contributed by atoms with E-state index in [1.54, 1.807) is 0 Å². The molecular formula is C21H21F4N3O2. The van der Waals surface area contributed by atoms with Crippen molar-refractivity contribution in [3.63, 3.8) is 0 Å². The molecule has 30 heavy (non-hydrogen) atoms. The number of nitrogens with one attached hydrogen (secondary N) is 1. The second-order valence-electron chi connectivity index (χ2n) is 7.18. The van der Waals surface area contributed by atoms with E-state index in [0.717, 1.165) is 56.4 Å². The van der Waals surface area contributed by atoms with Crippen LogP contribution in [0.3, 0.4) is 0 Å². The smallest absolute Gasteiger partial charge is 0.351 e. The number of halogens is 4. The minimum atomic E-state index is -5.23. The van der Waals surface area contributed by atoms with Gasteiger partial charge in [-0.2, -0.15) is 13.2 Å². The number of anilines is 1. The third kappa shape index (κ3) is 5.14. The minimum absolute atomic E-state index is 0.167. The molecule has 1 aromatic carbocycles. The fraction of sp³-hybridized carbons (Fsp3) is 0.381. The fourth-order valence-electron chi connectivity index (χ4n) is 3.61. The Bertz CT molecular complexity index is 866. The lowest BCUT2D eigenvalue weighted by molar-refractivity contribution is -0.171. The van der Waals surface area contributed by atoms with E-state index in [2.05, 4.69) is 10.3 Å². The number of rotatable bonds is 5. The van der Waals surface area contributed by atoms with Crippen LogP contribution in [-0.2, 0) is 9.59 Å². The van der Waals surface area contributed by atoms with Crippen molar-refractivity contribution in [1.82, 2.24) is 10.3 Å². The molecule has 1 atom stereocenters. The molecule has 1 aliphatic rings. The predicted octanol–water partition coefficient (Wildman–Crippen LogP) is 4.31. The van der Waals surface area contributed by atoms with Gasteiger partial charge in [0.15, 0.2) is 0 Å². The van der Waals surface area contributed by atoms with Crippen LogP contribution in [0.2, 0.25) is 0 Å². The van der Waals surface area contributed by atoms with Crippen molar-refractivity contribution in [2.75, 3.05) is 4.90 Å². The monoisotopic (exact) mass is 423 g/mol. The molecule has 2 amide bonds. The van der Waals surface area contributed by atoms with E-state index >= 15 is 0 Å². The minimum Gasteiger partial charge on any atom is -0.351 e. The first-order chi connectivity index (χ1) is 14.3. The number of carbonyl (C=O) groups is 2. The van der Waals surface area contributed by atoms with Crippen LogP contribution in [0.1, 0.15) is 43.7 Å². The molecule has 0 spiro atoms. The summed E-state index contributed by atoms with van der Waals surface area (Å²) in [5.74, 6) is -3.62. The van der Waals surface area contributed by atoms with Crippen molar-refractivity contribution in [3.05, 3.63) is 60.2 Å². The molecule has 0 unspecified atom stereocenters. The SMILES string of the molecule is O=C(NC1CCCCC1)[C@@H](c1ccncc1)N(C(=O)C(F)(F)F)c1ccc(F)cc1. The number of benzene rings is 1. The number of pyridine rings is 1. The lowest BCUT2D eigenvalue weighted by Gasteiger charge is -2.33. The number of alkyl halides is 3. The summed E-state index contributed by atoms with van der Waals surface area (Å²) in [4.78, 5) is 29.7. The van der Waals surface area contributed by atoms with Gasteiger partial charge in [0.1, 0.15) is 11.9 Å². The van der Waals surface area contributed by atoms with Crippen molar-refractivity contribution >= 4 is 17.5 Å². The van der Waals surface area contributed by atoms with Crippen molar-refractivity contribution in [3.8, 4) is 0 Å². The van der Waals surface area contributed by atoms with Crippen molar-refractivity contribution < 1.29 is 27.2 Å². The molecule has 0 saturated heterocycles. The molecule has 1 aliphatic carbocycles. The van der Waals surface area contributed by atoms with Gasteiger partial charge >= 0.3 is 12.1 Å². The first-order valence-electron chi connectivity index (χ1n) is 9.63. The Morgan fingerprint density at radius 3 is 2.17 bits per heavy atom. The Kier molecular flexibility index (Phi) is 6.69. The summed E-state index contributed by atoms with van der Waals surface area (Å²) in [6.45, 7) is 0. The van der Waals surface area contributed by atoms with Crippen LogP contribution < -0.4 is 10.2 Å². The largest absolute Gasteiger partial charge is 0.471 e. The zero-order valence-electron chi connectivity index (χ0n) is 16.0. The molecule has 3 rings (SSSR count). The first-order valence-corrected chi connectivity index (χ1v) is 9.63. The average molecular weight is 423 g/mol. The molecular weight excluding hydrogens is 402 g/mol. The normalized spacial score (nSPS) is 16.0. The average Bonchev–Trinajstić information content (AvgIpc) is 2.73. The van der Waals surface area contributed by atoms with Gasteiger partial charge in [0, 0.05) is 24.1 Å². The van der Waals surface area contributed by atoms with Gasteiger partial charge in [-0.15, -0.1) is 0 Å². The van der Waals surface area contributed by atoms with Crippen LogP contribution in [0.25, 0.3) is 0 Å². The number of amides is 2. The number of carbonyl (C=O) groups excluding carboxylic acids is 2. The van der Waals surface area contributed by atoms with Gasteiger partial charge < -0.3 is 5.32 Å². The summed E-state index contributed by atoms with van der Waals surface area (Å²) in [6.07, 6.45) is 1.73. The van der Waals surface area contributed by atoms with Crippen LogP contribution in [0.15, 0.2) is 48.8 Å². The van der Waals surface area contributed by atoms with Crippen LogP contribution in [0, 0.1) is 5.82 Å². The molecule has 2 aromatic rings. The van der Waals surface area contributed by atoms with E-state index in [4.69, 9.17) is 0 Å². The Balaban J connectivity index is 2.04. The fourth-order valence-corrected chi connectivity index (χ4v) is 3.61. The van der Waals surface area contributed by atoms with E-state index in [-0.39, 0.29) is 17.3 Å². The lowest BCUT2D eigenvalue weighted by atomic mass is 9.94. The first kappa shape index (κ1) is 21.7. The summed E-state index contributed by atoms with van der Waals surface area (Å²) in [6, 6.07) is 4.96. The second kappa shape index (κ2) is 9.23. The Labute approximate surface area is 171 Å². The number of nitrogens with zero attached hydrogens (tertiary/aromatic N) is 2. The summed E-state index contributed by atoms with van der Waals surface area (Å²) in [7, 11) is 0. The highest BCUT2D eigenvalue weighted by molar-refractivity contribution is 6.03. The lowest BCUT2D eigenvalue weighted by Crippen LogP contribution is -2.50. The molecule has 160 valence electrons. The summed E-state index contributed by atoms with van der Waals surface area (Å²) in [5.41, 5.74) is -0.0698. The molecule has 1 aromatic heterocycles. The highest BCUT2D eigenvalue weighted by atomic mass is 19.4. The standard InChI is InChI=1S/C21H21F4N3O2/c22-15-6-8-17(9-7-15)28(20(30)21(23,24)25)18(14-10-12-26-13-11-14)19(29)27-16-4-2-1-3-5-16/h6-13,16,18H,1-5H2,(H,27,29)/t18-/m1/s1. The van der Waals surface area contributed by atoms with E-state index in [1.807, 2.05) is 0 Å². The maximum Gasteiger partial charge on any atom is 0.471 e. The Hall–Kier alpha value is -2.97. The highest BCUT2D eigenvalue weighted by Gasteiger charge is 2.47. The van der Waals surface area contributed by atoms with E-state index in [1.165, 1.54) is 24.5 Å². The molecule has 9 heteroatoms. The molecule has 1 fully saturated rings. The molecule has 1 heterocycles. The van der Waals surface area contributed by atoms with Gasteiger partial charge in [0.25, 0.3) is 0 Å². The topological polar surface area (TPSA) is 62.3 Å². The third-order valence-corrected chi connectivity index (χ3v) is 5.05. The Morgan fingerprint density at radius 1 is 1.00 bits per heavy atom. The molecule has 0 aliphatic heterocycles. The van der Waals surface area contributed by atoms with Gasteiger partial charge in [-0.05, 0) is 54.8 Å². The van der Waals surface area contributed by atoms with Gasteiger partial charge in [0.05, 0.1) is 0 Å². The van der Waals surface area contributed by atoms with Gasteiger partial charge in [-0.1, -0.05) is 19.3 Å². The quantitative estimate of drug-likeness (QED) is 0.730. The zero-order valence-corrected chi connectivity index (χ0v) is 16.0. The van der Waals surface area contributed by atoms with Crippen LogP contribution >= 0.6 is 0 Å². The van der Waals surface area contributed by atoms with Crippen LogP contribution in [0.5, 0.6) is 0 Å². The summed E-state index contributed by atoms with van der Waals surface area (Å²) >= 11 is 0. The van der Waals surface area contributed by atoms with Gasteiger partial charge in [-0.3, -0.25) is 19.5 Å². The number of aromatic nitrogens is 1. The zero-order chi connectivity index (χ0) is 21.7. The van der Waals surface area contributed by atoms with E-state index in [9.17, 15) is 27.2 Å². The van der Waals surface area contributed by atoms with Crippen molar-refractivity contribution in [2.24, 2.45) is 0 Å². The third-order valence-electron chi connectivity index (χ3n) is 5.05. The number of hydrogen-bond acceptors (Lipinski definition) is 3. The Morgan fingerprint density at radius 2 is 1.60 bits per heavy atom.